The number of benzene rings is 2. The molecule has 1 amide bonds. The van der Waals surface area contributed by atoms with E-state index in [2.05, 4.69) is 0 Å². The van der Waals surface area contributed by atoms with Crippen LogP contribution in [0.1, 0.15) is 6.42 Å². The summed E-state index contributed by atoms with van der Waals surface area (Å²) in [5.41, 5.74) is 0. The summed E-state index contributed by atoms with van der Waals surface area (Å²) in [7, 11) is -1.96. The molecule has 1 fully saturated rings. The van der Waals surface area contributed by atoms with Gasteiger partial charge in [-0.15, -0.1) is 0 Å². The number of likely N-dealkylation sites (tertiary alicyclic amines) is 1. The van der Waals surface area contributed by atoms with Gasteiger partial charge in [-0.05, 0) is 42.8 Å². The van der Waals surface area contributed by atoms with E-state index in [4.69, 9.17) is 21.1 Å². The third-order valence-electron chi connectivity index (χ3n) is 4.48. The third kappa shape index (κ3) is 4.54. The number of hydrogen-bond acceptors (Lipinski definition) is 5. The average molecular weight is 410 g/mol. The van der Waals surface area contributed by atoms with Crippen LogP contribution in [0.5, 0.6) is 11.5 Å². The van der Waals surface area contributed by atoms with Crippen molar-refractivity contribution in [1.82, 2.24) is 4.90 Å². The molecule has 0 N–H and O–H groups in total. The predicted molar refractivity (Wildman–Crippen MR) is 102 cm³/mol. The smallest absolute Gasteiger partial charge is 0.260 e. The lowest BCUT2D eigenvalue weighted by molar-refractivity contribution is -0.132. The summed E-state index contributed by atoms with van der Waals surface area (Å²) < 4.78 is 36.1. The number of carbonyl (C=O) groups is 1. The van der Waals surface area contributed by atoms with Gasteiger partial charge in [0.1, 0.15) is 11.5 Å². The van der Waals surface area contributed by atoms with E-state index in [1.165, 1.54) is 17.0 Å². The zero-order chi connectivity index (χ0) is 19.4. The van der Waals surface area contributed by atoms with Crippen LogP contribution in [-0.4, -0.2) is 51.3 Å². The summed E-state index contributed by atoms with van der Waals surface area (Å²) in [6.07, 6.45) is 0.399. The van der Waals surface area contributed by atoms with Crippen LogP contribution in [0, 0.1) is 0 Å². The van der Waals surface area contributed by atoms with Crippen LogP contribution in [-0.2, 0) is 14.6 Å². The van der Waals surface area contributed by atoms with Crippen molar-refractivity contribution in [2.24, 2.45) is 0 Å². The fraction of sp³-hybridized carbons (Fsp3) is 0.316. The highest BCUT2D eigenvalue weighted by Crippen LogP contribution is 2.25. The number of amides is 1. The highest BCUT2D eigenvalue weighted by atomic mass is 35.5. The molecule has 1 aliphatic rings. The molecule has 1 atom stereocenters. The van der Waals surface area contributed by atoms with E-state index >= 15 is 0 Å². The Morgan fingerprint density at radius 2 is 1.89 bits per heavy atom. The fourth-order valence-corrected chi connectivity index (χ4v) is 4.77. The van der Waals surface area contributed by atoms with Gasteiger partial charge in [0.2, 0.25) is 0 Å². The van der Waals surface area contributed by atoms with Crippen LogP contribution in [0.25, 0.3) is 0 Å². The maximum atomic E-state index is 12.7. The summed E-state index contributed by atoms with van der Waals surface area (Å²) >= 11 is 5.82. The maximum Gasteiger partial charge on any atom is 0.260 e. The molecule has 0 spiro atoms. The summed E-state index contributed by atoms with van der Waals surface area (Å²) in [5.74, 6) is 0.911. The topological polar surface area (TPSA) is 72.9 Å². The molecule has 1 heterocycles. The molecule has 8 heteroatoms. The Bertz CT molecular complexity index is 914. The van der Waals surface area contributed by atoms with Gasteiger partial charge in [0, 0.05) is 24.2 Å². The number of sulfone groups is 1. The van der Waals surface area contributed by atoms with Crippen molar-refractivity contribution in [2.75, 3.05) is 26.8 Å². The lowest BCUT2D eigenvalue weighted by Gasteiger charge is -2.17. The first-order valence-electron chi connectivity index (χ1n) is 8.44. The second-order valence-corrected chi connectivity index (χ2v) is 8.88. The van der Waals surface area contributed by atoms with Crippen molar-refractivity contribution in [3.05, 3.63) is 53.6 Å². The Morgan fingerprint density at radius 3 is 2.59 bits per heavy atom. The summed E-state index contributed by atoms with van der Waals surface area (Å²) in [5, 5.41) is -0.147. The van der Waals surface area contributed by atoms with Crippen LogP contribution in [0.2, 0.25) is 5.02 Å². The number of carbonyl (C=O) groups excluding carboxylic acids is 1. The third-order valence-corrected chi connectivity index (χ3v) is 6.93. The van der Waals surface area contributed by atoms with Gasteiger partial charge in [0.05, 0.1) is 17.3 Å². The number of halogens is 1. The molecule has 0 saturated carbocycles. The molecule has 0 bridgehead atoms. The number of nitrogens with zero attached hydrogens (tertiary/aromatic N) is 1. The summed E-state index contributed by atoms with van der Waals surface area (Å²) in [6.45, 7) is 0.393. The Hall–Kier alpha value is -2.25. The summed E-state index contributed by atoms with van der Waals surface area (Å²) in [4.78, 5) is 14.1. The average Bonchev–Trinajstić information content (AvgIpc) is 3.18. The largest absolute Gasteiger partial charge is 0.497 e. The Balaban J connectivity index is 1.59. The molecular weight excluding hydrogens is 390 g/mol. The minimum Gasteiger partial charge on any atom is -0.497 e. The second kappa shape index (κ2) is 8.19. The zero-order valence-corrected chi connectivity index (χ0v) is 16.4. The monoisotopic (exact) mass is 409 g/mol. The number of rotatable bonds is 6. The SMILES string of the molecule is COc1cccc(OCC(=O)N2CCC(S(=O)(=O)c3ccc(Cl)cc3)C2)c1. The molecule has 2 aromatic rings. The van der Waals surface area contributed by atoms with Crippen molar-refractivity contribution >= 4 is 27.3 Å². The van der Waals surface area contributed by atoms with E-state index in [1.807, 2.05) is 0 Å². The highest BCUT2D eigenvalue weighted by molar-refractivity contribution is 7.92. The van der Waals surface area contributed by atoms with Crippen molar-refractivity contribution in [3.8, 4) is 11.5 Å². The molecule has 27 heavy (non-hydrogen) atoms. The first-order chi connectivity index (χ1) is 12.9. The molecule has 1 unspecified atom stereocenters. The van der Waals surface area contributed by atoms with E-state index in [9.17, 15) is 13.2 Å². The molecule has 1 saturated heterocycles. The van der Waals surface area contributed by atoms with Gasteiger partial charge < -0.3 is 14.4 Å². The number of hydrogen-bond donors (Lipinski definition) is 0. The standard InChI is InChI=1S/C19H20ClNO5S/c1-25-15-3-2-4-16(11-15)26-13-19(22)21-10-9-18(12-21)27(23,24)17-7-5-14(20)6-8-17/h2-8,11,18H,9-10,12-13H2,1H3. The minimum absolute atomic E-state index is 0.152. The van der Waals surface area contributed by atoms with Gasteiger partial charge in [0.15, 0.2) is 16.4 Å². The lowest BCUT2D eigenvalue weighted by Crippen LogP contribution is -2.35. The van der Waals surface area contributed by atoms with Crippen LogP contribution >= 0.6 is 11.6 Å². The van der Waals surface area contributed by atoms with Crippen LogP contribution in [0.15, 0.2) is 53.4 Å². The van der Waals surface area contributed by atoms with Crippen LogP contribution in [0.4, 0.5) is 0 Å². The van der Waals surface area contributed by atoms with E-state index in [0.717, 1.165) is 0 Å². The molecule has 0 aromatic heterocycles. The lowest BCUT2D eigenvalue weighted by atomic mass is 10.3. The van der Waals surface area contributed by atoms with Gasteiger partial charge in [-0.2, -0.15) is 0 Å². The normalized spacial score (nSPS) is 17.0. The molecular formula is C19H20ClNO5S. The molecule has 0 radical (unpaired) electrons. The molecule has 2 aromatic carbocycles. The van der Waals surface area contributed by atoms with Gasteiger partial charge in [0.25, 0.3) is 5.91 Å². The van der Waals surface area contributed by atoms with E-state index < -0.39 is 15.1 Å². The van der Waals surface area contributed by atoms with Gasteiger partial charge in [-0.1, -0.05) is 17.7 Å². The molecule has 144 valence electrons. The van der Waals surface area contributed by atoms with E-state index in [-0.39, 0.29) is 24.0 Å². The fourth-order valence-electron chi connectivity index (χ4n) is 2.95. The molecule has 1 aliphatic heterocycles. The van der Waals surface area contributed by atoms with Crippen molar-refractivity contribution in [2.45, 2.75) is 16.6 Å². The number of ether oxygens (including phenoxy) is 2. The second-order valence-electron chi connectivity index (χ2n) is 6.22. The van der Waals surface area contributed by atoms with Gasteiger partial charge in [-0.25, -0.2) is 8.42 Å². The van der Waals surface area contributed by atoms with Crippen LogP contribution in [0.3, 0.4) is 0 Å². The quantitative estimate of drug-likeness (QED) is 0.733. The van der Waals surface area contributed by atoms with Crippen molar-refractivity contribution in [1.29, 1.82) is 0 Å². The first-order valence-corrected chi connectivity index (χ1v) is 10.4. The van der Waals surface area contributed by atoms with E-state index in [1.54, 1.807) is 43.5 Å². The Morgan fingerprint density at radius 1 is 1.19 bits per heavy atom. The summed E-state index contributed by atoms with van der Waals surface area (Å²) in [6, 6.07) is 13.0. The Labute approximate surface area is 163 Å². The highest BCUT2D eigenvalue weighted by Gasteiger charge is 2.36. The van der Waals surface area contributed by atoms with Gasteiger partial charge >= 0.3 is 0 Å². The Kier molecular flexibility index (Phi) is 5.92. The molecule has 0 aliphatic carbocycles. The predicted octanol–water partition coefficient (Wildman–Crippen LogP) is 2.80. The van der Waals surface area contributed by atoms with Crippen LogP contribution < -0.4 is 9.47 Å². The van der Waals surface area contributed by atoms with E-state index in [0.29, 0.717) is 29.5 Å². The van der Waals surface area contributed by atoms with Gasteiger partial charge in [-0.3, -0.25) is 4.79 Å². The van der Waals surface area contributed by atoms with Crippen molar-refractivity contribution < 1.29 is 22.7 Å². The van der Waals surface area contributed by atoms with Crippen molar-refractivity contribution in [3.63, 3.8) is 0 Å². The first kappa shape index (κ1) is 19.5. The minimum atomic E-state index is -3.51. The molecule has 6 nitrogen and oxygen atoms in total. The zero-order valence-electron chi connectivity index (χ0n) is 14.8. The number of methoxy groups -OCH3 is 1. The maximum absolute atomic E-state index is 12.7. The molecule has 3 rings (SSSR count).